The Morgan fingerprint density at radius 2 is 2.18 bits per heavy atom. The summed E-state index contributed by atoms with van der Waals surface area (Å²) in [5, 5.41) is 3.08. The molecule has 0 radical (unpaired) electrons. The van der Waals surface area contributed by atoms with E-state index in [0.29, 0.717) is 16.5 Å². The quantitative estimate of drug-likeness (QED) is 0.901. The first-order valence-electron chi connectivity index (χ1n) is 5.01. The van der Waals surface area contributed by atoms with E-state index in [4.69, 9.17) is 25.8 Å². The van der Waals surface area contributed by atoms with Crippen LogP contribution in [0.3, 0.4) is 0 Å². The van der Waals surface area contributed by atoms with E-state index in [-0.39, 0.29) is 12.6 Å². The normalized spacial score (nSPS) is 18.5. The highest BCUT2D eigenvalue weighted by Gasteiger charge is 2.27. The fraction of sp³-hybridized carbons (Fsp3) is 0.364. The highest BCUT2D eigenvalue weighted by Crippen LogP contribution is 2.40. The Kier molecular flexibility index (Phi) is 3.28. The second-order valence-corrected chi connectivity index (χ2v) is 3.88. The Hall–Kier alpha value is -1.62. The first-order chi connectivity index (χ1) is 8.17. The fourth-order valence-electron chi connectivity index (χ4n) is 1.73. The third kappa shape index (κ3) is 2.10. The summed E-state index contributed by atoms with van der Waals surface area (Å²) in [7, 11) is 3.05. The smallest absolute Gasteiger partial charge is 0.407 e. The standard InChI is InChI=1S/C11H12ClNO4/c1-15-8-4-3-6(9(12)10(8)16-2)7-5-17-11(14)13-7/h3-4,7H,5H2,1-2H3,(H,13,14). The maximum Gasteiger partial charge on any atom is 0.407 e. The van der Waals surface area contributed by atoms with Gasteiger partial charge in [0.1, 0.15) is 6.61 Å². The van der Waals surface area contributed by atoms with E-state index in [0.717, 1.165) is 5.56 Å². The van der Waals surface area contributed by atoms with Crippen molar-refractivity contribution in [3.05, 3.63) is 22.7 Å². The van der Waals surface area contributed by atoms with Crippen LogP contribution in [0.25, 0.3) is 0 Å². The van der Waals surface area contributed by atoms with E-state index >= 15 is 0 Å². The first kappa shape index (κ1) is 11.9. The van der Waals surface area contributed by atoms with Gasteiger partial charge in [-0.15, -0.1) is 0 Å². The number of cyclic esters (lactones) is 1. The molecule has 17 heavy (non-hydrogen) atoms. The molecule has 1 aromatic carbocycles. The SMILES string of the molecule is COc1ccc(C2COC(=O)N2)c(Cl)c1OC. The summed E-state index contributed by atoms with van der Waals surface area (Å²) < 4.78 is 15.1. The van der Waals surface area contributed by atoms with Crippen LogP contribution in [0.4, 0.5) is 4.79 Å². The summed E-state index contributed by atoms with van der Waals surface area (Å²) in [6, 6.07) is 3.27. The number of rotatable bonds is 3. The molecule has 0 aromatic heterocycles. The number of carbonyl (C=O) groups is 1. The summed E-state index contributed by atoms with van der Waals surface area (Å²) in [4.78, 5) is 11.0. The van der Waals surface area contributed by atoms with Gasteiger partial charge in [-0.25, -0.2) is 4.79 Å². The van der Waals surface area contributed by atoms with E-state index in [9.17, 15) is 4.79 Å². The van der Waals surface area contributed by atoms with Gasteiger partial charge in [0, 0.05) is 5.56 Å². The average molecular weight is 258 g/mol. The summed E-state index contributed by atoms with van der Waals surface area (Å²) >= 11 is 6.21. The second kappa shape index (κ2) is 4.71. The first-order valence-corrected chi connectivity index (χ1v) is 5.38. The van der Waals surface area contributed by atoms with Gasteiger partial charge < -0.3 is 19.5 Å². The zero-order valence-electron chi connectivity index (χ0n) is 9.45. The van der Waals surface area contributed by atoms with Crippen LogP contribution in [0.5, 0.6) is 11.5 Å². The van der Waals surface area contributed by atoms with Gasteiger partial charge in [0.15, 0.2) is 11.5 Å². The molecule has 0 bridgehead atoms. The van der Waals surface area contributed by atoms with Crippen molar-refractivity contribution < 1.29 is 19.0 Å². The molecule has 92 valence electrons. The zero-order valence-corrected chi connectivity index (χ0v) is 10.2. The van der Waals surface area contributed by atoms with Crippen molar-refractivity contribution in [3.63, 3.8) is 0 Å². The predicted octanol–water partition coefficient (Wildman–Crippen LogP) is 2.14. The van der Waals surface area contributed by atoms with Crippen LogP contribution in [-0.2, 0) is 4.74 Å². The zero-order chi connectivity index (χ0) is 12.4. The van der Waals surface area contributed by atoms with Gasteiger partial charge in [0.2, 0.25) is 0 Å². The minimum atomic E-state index is -0.444. The molecular formula is C11H12ClNO4. The Morgan fingerprint density at radius 1 is 1.41 bits per heavy atom. The Balaban J connectivity index is 2.38. The van der Waals surface area contributed by atoms with E-state index in [1.807, 2.05) is 0 Å². The highest BCUT2D eigenvalue weighted by molar-refractivity contribution is 6.33. The molecule has 0 saturated carbocycles. The average Bonchev–Trinajstić information content (AvgIpc) is 2.75. The number of halogens is 1. The highest BCUT2D eigenvalue weighted by atomic mass is 35.5. The topological polar surface area (TPSA) is 56.8 Å². The molecule has 1 amide bonds. The van der Waals surface area contributed by atoms with Crippen LogP contribution in [0, 0.1) is 0 Å². The molecular weight excluding hydrogens is 246 g/mol. The molecule has 1 fully saturated rings. The largest absolute Gasteiger partial charge is 0.493 e. The number of hydrogen-bond donors (Lipinski definition) is 1. The van der Waals surface area contributed by atoms with Crippen LogP contribution >= 0.6 is 11.6 Å². The van der Waals surface area contributed by atoms with Crippen molar-refractivity contribution in [2.75, 3.05) is 20.8 Å². The summed E-state index contributed by atoms with van der Waals surface area (Å²) in [5.41, 5.74) is 0.746. The number of alkyl carbamates (subject to hydrolysis) is 1. The Morgan fingerprint density at radius 3 is 2.71 bits per heavy atom. The number of amides is 1. The van der Waals surface area contributed by atoms with Gasteiger partial charge in [-0.2, -0.15) is 0 Å². The molecule has 1 unspecified atom stereocenters. The third-order valence-corrected chi connectivity index (χ3v) is 2.95. The van der Waals surface area contributed by atoms with E-state index in [1.165, 1.54) is 14.2 Å². The number of benzene rings is 1. The molecule has 1 atom stereocenters. The lowest BCUT2D eigenvalue weighted by Crippen LogP contribution is -2.18. The van der Waals surface area contributed by atoms with Crippen molar-refractivity contribution in [2.24, 2.45) is 0 Å². The van der Waals surface area contributed by atoms with Gasteiger partial charge in [0.05, 0.1) is 25.3 Å². The van der Waals surface area contributed by atoms with E-state index < -0.39 is 6.09 Å². The Labute approximate surface area is 104 Å². The van der Waals surface area contributed by atoms with Crippen LogP contribution in [-0.4, -0.2) is 26.9 Å². The van der Waals surface area contributed by atoms with E-state index in [2.05, 4.69) is 5.32 Å². The molecule has 0 aliphatic carbocycles. The molecule has 1 aromatic rings. The lowest BCUT2D eigenvalue weighted by atomic mass is 10.1. The maximum atomic E-state index is 11.0. The van der Waals surface area contributed by atoms with Crippen molar-refractivity contribution in [2.45, 2.75) is 6.04 Å². The Bertz CT molecular complexity index is 449. The summed E-state index contributed by atoms with van der Waals surface area (Å²) in [6.45, 7) is 0.258. The van der Waals surface area contributed by atoms with Crippen LogP contribution in [0.2, 0.25) is 5.02 Å². The lowest BCUT2D eigenvalue weighted by molar-refractivity contribution is 0.177. The molecule has 1 N–H and O–H groups in total. The van der Waals surface area contributed by atoms with Crippen molar-refractivity contribution in [3.8, 4) is 11.5 Å². The molecule has 1 aliphatic rings. The summed E-state index contributed by atoms with van der Waals surface area (Å²) in [6.07, 6.45) is -0.444. The van der Waals surface area contributed by atoms with Gasteiger partial charge in [-0.1, -0.05) is 17.7 Å². The van der Waals surface area contributed by atoms with Crippen LogP contribution in [0.1, 0.15) is 11.6 Å². The molecule has 2 rings (SSSR count). The molecule has 1 saturated heterocycles. The monoisotopic (exact) mass is 257 g/mol. The maximum absolute atomic E-state index is 11.0. The fourth-order valence-corrected chi connectivity index (χ4v) is 2.09. The molecule has 1 heterocycles. The van der Waals surface area contributed by atoms with Gasteiger partial charge in [0.25, 0.3) is 0 Å². The molecule has 0 spiro atoms. The van der Waals surface area contributed by atoms with Gasteiger partial charge in [-0.05, 0) is 6.07 Å². The van der Waals surface area contributed by atoms with Gasteiger partial charge in [-0.3, -0.25) is 0 Å². The minimum absolute atomic E-state index is 0.255. The second-order valence-electron chi connectivity index (χ2n) is 3.50. The molecule has 1 aliphatic heterocycles. The van der Waals surface area contributed by atoms with Crippen molar-refractivity contribution >= 4 is 17.7 Å². The van der Waals surface area contributed by atoms with Crippen LogP contribution < -0.4 is 14.8 Å². The molecule has 5 nitrogen and oxygen atoms in total. The predicted molar refractivity (Wildman–Crippen MR) is 61.8 cm³/mol. The number of hydrogen-bond acceptors (Lipinski definition) is 4. The van der Waals surface area contributed by atoms with Crippen molar-refractivity contribution in [1.29, 1.82) is 0 Å². The lowest BCUT2D eigenvalue weighted by Gasteiger charge is -2.15. The molecule has 6 heteroatoms. The summed E-state index contributed by atoms with van der Waals surface area (Å²) in [5.74, 6) is 0.999. The number of ether oxygens (including phenoxy) is 3. The number of methoxy groups -OCH3 is 2. The minimum Gasteiger partial charge on any atom is -0.493 e. The number of nitrogens with one attached hydrogen (secondary N) is 1. The third-order valence-electron chi connectivity index (χ3n) is 2.56. The van der Waals surface area contributed by atoms with Crippen molar-refractivity contribution in [1.82, 2.24) is 5.32 Å². The number of carbonyl (C=O) groups excluding carboxylic acids is 1. The van der Waals surface area contributed by atoms with Crippen LogP contribution in [0.15, 0.2) is 12.1 Å². The van der Waals surface area contributed by atoms with E-state index in [1.54, 1.807) is 12.1 Å². The van der Waals surface area contributed by atoms with Gasteiger partial charge >= 0.3 is 6.09 Å².